The Bertz CT molecular complexity index is 1660. The zero-order chi connectivity index (χ0) is 32.3. The van der Waals surface area contributed by atoms with E-state index in [2.05, 4.69) is 10.6 Å². The number of aliphatic hydroxyl groups excluding tert-OH is 1. The molecule has 0 saturated heterocycles. The maximum Gasteiger partial charge on any atom is 0.323 e. The van der Waals surface area contributed by atoms with Crippen molar-refractivity contribution in [3.05, 3.63) is 71.8 Å². The summed E-state index contributed by atoms with van der Waals surface area (Å²) >= 11 is 0. The Hall–Kier alpha value is -4.33. The number of nitrogens with zero attached hydrogens (tertiary/aromatic N) is 2. The van der Waals surface area contributed by atoms with Gasteiger partial charge in [-0.1, -0.05) is 24.6 Å². The number of ether oxygens (including phenoxy) is 3. The Morgan fingerprint density at radius 3 is 2.36 bits per heavy atom. The van der Waals surface area contributed by atoms with Gasteiger partial charge in [-0.2, -0.15) is 4.31 Å². The fraction of sp³-hybridized carbons (Fsp3) is 0.375. The summed E-state index contributed by atoms with van der Waals surface area (Å²) in [6, 6.07) is 15.7. The first-order valence-electron chi connectivity index (χ1n) is 14.6. The van der Waals surface area contributed by atoms with Crippen LogP contribution in [0.1, 0.15) is 25.0 Å². The van der Waals surface area contributed by atoms with Crippen LogP contribution < -0.4 is 24.8 Å². The van der Waals surface area contributed by atoms with Gasteiger partial charge in [-0.15, -0.1) is 0 Å². The van der Waals surface area contributed by atoms with Crippen LogP contribution in [0.3, 0.4) is 0 Å². The van der Waals surface area contributed by atoms with E-state index in [1.54, 1.807) is 72.5 Å². The van der Waals surface area contributed by atoms with Gasteiger partial charge in [0.25, 0.3) is 0 Å². The molecule has 0 fully saturated rings. The Morgan fingerprint density at radius 2 is 1.67 bits per heavy atom. The first-order chi connectivity index (χ1) is 21.4. The Morgan fingerprint density at radius 1 is 1.02 bits per heavy atom. The van der Waals surface area contributed by atoms with Crippen LogP contribution in [0.15, 0.2) is 65.6 Å². The minimum atomic E-state index is -3.82. The first kappa shape index (κ1) is 32.1. The second-order valence-corrected chi connectivity index (χ2v) is 13.5. The highest BCUT2D eigenvalue weighted by atomic mass is 32.2. The molecule has 0 aliphatic carbocycles. The molecular formula is C32H38N4O8S. The lowest BCUT2D eigenvalue weighted by Gasteiger charge is -2.33. The predicted molar refractivity (Wildman–Crippen MR) is 168 cm³/mol. The van der Waals surface area contributed by atoms with Gasteiger partial charge in [-0.05, 0) is 56.3 Å². The van der Waals surface area contributed by atoms with Crippen molar-refractivity contribution in [1.29, 1.82) is 0 Å². The van der Waals surface area contributed by atoms with E-state index in [9.17, 15) is 23.1 Å². The number of amides is 3. The van der Waals surface area contributed by atoms with Crippen molar-refractivity contribution < 1.29 is 37.3 Å². The van der Waals surface area contributed by atoms with Gasteiger partial charge in [0.05, 0.1) is 30.5 Å². The summed E-state index contributed by atoms with van der Waals surface area (Å²) in [5.41, 5.74) is 2.39. The monoisotopic (exact) mass is 638 g/mol. The van der Waals surface area contributed by atoms with Crippen molar-refractivity contribution in [2.45, 2.75) is 44.2 Å². The fourth-order valence-electron chi connectivity index (χ4n) is 5.23. The molecule has 0 aromatic heterocycles. The molecule has 3 N–H and O–H groups in total. The molecule has 3 aromatic rings. The van der Waals surface area contributed by atoms with Crippen LogP contribution in [0.5, 0.6) is 17.2 Å². The van der Waals surface area contributed by atoms with E-state index in [0.29, 0.717) is 34.2 Å². The molecule has 3 atom stereocenters. The third kappa shape index (κ3) is 7.32. The third-order valence-electron chi connectivity index (χ3n) is 7.97. The van der Waals surface area contributed by atoms with Gasteiger partial charge in [-0.25, -0.2) is 13.2 Å². The van der Waals surface area contributed by atoms with Crippen molar-refractivity contribution in [3.8, 4) is 17.2 Å². The largest absolute Gasteiger partial charge is 0.488 e. The standard InChI is InChI=1S/C32H38N4O8S/c1-20-5-9-26(10-6-20)45(40,41)35(4)17-30-21(2)16-36(22(3)18-37)31(38)14-23-13-24(7-11-27(23)44-30)33-32(39)34-25-8-12-28-29(15-25)43-19-42-28/h5-13,15,21-22,30,37H,14,16-19H2,1-4H3,(H2,33,34,39)/t21-,22-,30+/m0/s1. The molecule has 12 nitrogen and oxygen atoms in total. The average molecular weight is 639 g/mol. The van der Waals surface area contributed by atoms with Crippen molar-refractivity contribution in [3.63, 3.8) is 0 Å². The van der Waals surface area contributed by atoms with Gasteiger partial charge < -0.3 is 34.9 Å². The van der Waals surface area contributed by atoms with Crippen LogP contribution in [-0.4, -0.2) is 80.4 Å². The van der Waals surface area contributed by atoms with Crippen LogP contribution in [-0.2, 0) is 21.2 Å². The van der Waals surface area contributed by atoms with Crippen molar-refractivity contribution in [2.75, 3.05) is 44.2 Å². The minimum Gasteiger partial charge on any atom is -0.488 e. The molecule has 0 bridgehead atoms. The minimum absolute atomic E-state index is 0.0181. The summed E-state index contributed by atoms with van der Waals surface area (Å²) in [5.74, 6) is 1.01. The van der Waals surface area contributed by atoms with Gasteiger partial charge in [0.2, 0.25) is 22.7 Å². The number of likely N-dealkylation sites (N-methyl/N-ethyl adjacent to an activating group) is 1. The van der Waals surface area contributed by atoms with Crippen LogP contribution in [0.2, 0.25) is 0 Å². The van der Waals surface area contributed by atoms with Crippen LogP contribution in [0, 0.1) is 12.8 Å². The summed E-state index contributed by atoms with van der Waals surface area (Å²) in [6.45, 7) is 5.69. The fourth-order valence-corrected chi connectivity index (χ4v) is 6.42. The molecule has 0 spiro atoms. The molecule has 5 rings (SSSR count). The maximum absolute atomic E-state index is 13.5. The van der Waals surface area contributed by atoms with E-state index in [4.69, 9.17) is 14.2 Å². The molecule has 0 radical (unpaired) electrons. The topological polar surface area (TPSA) is 147 Å². The molecule has 240 valence electrons. The number of urea groups is 1. The lowest BCUT2D eigenvalue weighted by atomic mass is 10.0. The Kier molecular flexibility index (Phi) is 9.51. The molecule has 45 heavy (non-hydrogen) atoms. The quantitative estimate of drug-likeness (QED) is 0.337. The highest BCUT2D eigenvalue weighted by Gasteiger charge is 2.33. The zero-order valence-corrected chi connectivity index (χ0v) is 26.5. The summed E-state index contributed by atoms with van der Waals surface area (Å²) in [5, 5.41) is 15.5. The number of carbonyl (C=O) groups excluding carboxylic acids is 2. The number of aryl methyl sites for hydroxylation is 1. The first-order valence-corrected chi connectivity index (χ1v) is 16.1. The number of nitrogens with one attached hydrogen (secondary N) is 2. The number of carbonyl (C=O) groups is 2. The lowest BCUT2D eigenvalue weighted by Crippen LogP contribution is -2.48. The zero-order valence-electron chi connectivity index (χ0n) is 25.6. The van der Waals surface area contributed by atoms with Crippen molar-refractivity contribution >= 4 is 33.3 Å². The van der Waals surface area contributed by atoms with Gasteiger partial charge in [0, 0.05) is 42.5 Å². The summed E-state index contributed by atoms with van der Waals surface area (Å²) in [6.07, 6.45) is -0.683. The Balaban J connectivity index is 1.38. The number of benzene rings is 3. The SMILES string of the molecule is Cc1ccc(S(=O)(=O)N(C)C[C@H]2Oc3ccc(NC(=O)Nc4ccc5c(c4)OCO5)cc3CC(=O)N([C@@H](C)CO)C[C@@H]2C)cc1. The van der Waals surface area contributed by atoms with Gasteiger partial charge in [0.15, 0.2) is 11.5 Å². The van der Waals surface area contributed by atoms with E-state index in [-0.39, 0.29) is 49.6 Å². The predicted octanol–water partition coefficient (Wildman–Crippen LogP) is 3.84. The lowest BCUT2D eigenvalue weighted by molar-refractivity contribution is -0.134. The maximum atomic E-state index is 13.5. The number of anilines is 2. The van der Waals surface area contributed by atoms with Gasteiger partial charge in [0.1, 0.15) is 11.9 Å². The summed E-state index contributed by atoms with van der Waals surface area (Å²) < 4.78 is 45.2. The summed E-state index contributed by atoms with van der Waals surface area (Å²) in [4.78, 5) is 28.1. The third-order valence-corrected chi connectivity index (χ3v) is 9.81. The molecular weight excluding hydrogens is 600 g/mol. The molecule has 3 aromatic carbocycles. The molecule has 13 heteroatoms. The van der Waals surface area contributed by atoms with Crippen molar-refractivity contribution in [2.24, 2.45) is 5.92 Å². The number of hydrogen-bond donors (Lipinski definition) is 3. The van der Waals surface area contributed by atoms with E-state index in [1.807, 2.05) is 13.8 Å². The molecule has 0 saturated carbocycles. The smallest absolute Gasteiger partial charge is 0.323 e. The van der Waals surface area contributed by atoms with Crippen LogP contribution in [0.25, 0.3) is 0 Å². The van der Waals surface area contributed by atoms with Crippen LogP contribution >= 0.6 is 0 Å². The highest BCUT2D eigenvalue weighted by Crippen LogP contribution is 2.34. The highest BCUT2D eigenvalue weighted by molar-refractivity contribution is 7.89. The second kappa shape index (κ2) is 13.3. The number of aliphatic hydroxyl groups is 1. The van der Waals surface area contributed by atoms with E-state index in [0.717, 1.165) is 5.56 Å². The van der Waals surface area contributed by atoms with Crippen molar-refractivity contribution in [1.82, 2.24) is 9.21 Å². The van der Waals surface area contributed by atoms with E-state index in [1.165, 1.54) is 11.4 Å². The van der Waals surface area contributed by atoms with E-state index < -0.39 is 28.2 Å². The molecule has 2 aliphatic heterocycles. The number of rotatable bonds is 8. The number of sulfonamides is 1. The number of fused-ring (bicyclic) bond motifs is 2. The molecule has 2 aliphatic rings. The summed E-state index contributed by atoms with van der Waals surface area (Å²) in [7, 11) is -2.31. The molecule has 0 unspecified atom stereocenters. The number of hydrogen-bond acceptors (Lipinski definition) is 8. The Labute approximate surface area is 262 Å². The average Bonchev–Trinajstić information content (AvgIpc) is 3.49. The molecule has 2 heterocycles. The van der Waals surface area contributed by atoms with Gasteiger partial charge in [-0.3, -0.25) is 4.79 Å². The second-order valence-electron chi connectivity index (χ2n) is 11.5. The normalized spacial score (nSPS) is 18.7. The molecule has 3 amide bonds. The van der Waals surface area contributed by atoms with Gasteiger partial charge >= 0.3 is 6.03 Å². The van der Waals surface area contributed by atoms with E-state index >= 15 is 0 Å². The van der Waals surface area contributed by atoms with Crippen LogP contribution in [0.4, 0.5) is 16.2 Å².